The van der Waals surface area contributed by atoms with E-state index in [1.54, 1.807) is 34.6 Å². The number of nitrogens with zero attached hydrogens (tertiary/aromatic N) is 2. The zero-order valence-electron chi connectivity index (χ0n) is 10.8. The Morgan fingerprint density at radius 3 is 2.84 bits per heavy atom. The lowest BCUT2D eigenvalue weighted by molar-refractivity contribution is -0.130. The molecule has 0 bridgehead atoms. The van der Waals surface area contributed by atoms with Gasteiger partial charge in [0.1, 0.15) is 0 Å². The van der Waals surface area contributed by atoms with Gasteiger partial charge in [0.15, 0.2) is 0 Å². The molecule has 0 N–H and O–H groups in total. The Balaban J connectivity index is 1.93. The van der Waals surface area contributed by atoms with Crippen LogP contribution in [0.3, 0.4) is 0 Å². The van der Waals surface area contributed by atoms with Gasteiger partial charge in [-0.3, -0.25) is 4.79 Å². The lowest BCUT2D eigenvalue weighted by atomic mass is 10.1. The topological polar surface area (TPSA) is 32.7 Å². The number of hydrazone groups is 1. The SMILES string of the molecule is CC(=O)N1N=C(c2cccs2)C[C@@H]1c1ccc(C)s1. The zero-order chi connectivity index (χ0) is 13.4. The van der Waals surface area contributed by atoms with Gasteiger partial charge < -0.3 is 0 Å². The van der Waals surface area contributed by atoms with Crippen LogP contribution in [0.25, 0.3) is 0 Å². The van der Waals surface area contributed by atoms with Crippen molar-refractivity contribution in [2.45, 2.75) is 26.3 Å². The second kappa shape index (κ2) is 4.90. The van der Waals surface area contributed by atoms with Gasteiger partial charge in [-0.1, -0.05) is 6.07 Å². The average molecular weight is 290 g/mol. The molecule has 3 rings (SSSR count). The summed E-state index contributed by atoms with van der Waals surface area (Å²) in [6, 6.07) is 8.34. The highest BCUT2D eigenvalue weighted by Gasteiger charge is 2.32. The first kappa shape index (κ1) is 12.6. The molecule has 19 heavy (non-hydrogen) atoms. The van der Waals surface area contributed by atoms with Gasteiger partial charge in [0.05, 0.1) is 16.6 Å². The minimum atomic E-state index is 0.00242. The van der Waals surface area contributed by atoms with E-state index in [-0.39, 0.29) is 11.9 Å². The third-order valence-corrected chi connectivity index (χ3v) is 5.15. The summed E-state index contributed by atoms with van der Waals surface area (Å²) in [5.74, 6) is 0.00242. The fraction of sp³-hybridized carbons (Fsp3) is 0.286. The first-order valence-electron chi connectivity index (χ1n) is 6.12. The first-order valence-corrected chi connectivity index (χ1v) is 7.82. The summed E-state index contributed by atoms with van der Waals surface area (Å²) in [6.45, 7) is 3.66. The molecule has 0 aliphatic carbocycles. The highest BCUT2D eigenvalue weighted by Crippen LogP contribution is 2.36. The van der Waals surface area contributed by atoms with E-state index in [1.165, 1.54) is 9.75 Å². The Bertz CT molecular complexity index is 628. The molecule has 5 heteroatoms. The Hall–Kier alpha value is -1.46. The maximum absolute atomic E-state index is 11.8. The van der Waals surface area contributed by atoms with E-state index in [1.807, 2.05) is 11.4 Å². The molecule has 0 aromatic carbocycles. The fourth-order valence-electron chi connectivity index (χ4n) is 2.25. The first-order chi connectivity index (χ1) is 9.15. The summed E-state index contributed by atoms with van der Waals surface area (Å²) in [5, 5.41) is 8.18. The van der Waals surface area contributed by atoms with E-state index in [2.05, 4.69) is 30.2 Å². The van der Waals surface area contributed by atoms with Crippen molar-refractivity contribution in [3.05, 3.63) is 44.3 Å². The molecular weight excluding hydrogens is 276 g/mol. The number of aryl methyl sites for hydroxylation is 1. The summed E-state index contributed by atoms with van der Waals surface area (Å²) >= 11 is 3.41. The van der Waals surface area contributed by atoms with Crippen LogP contribution >= 0.6 is 22.7 Å². The number of thiophene rings is 2. The lowest BCUT2D eigenvalue weighted by Crippen LogP contribution is -2.23. The number of hydrogen-bond donors (Lipinski definition) is 0. The molecule has 98 valence electrons. The van der Waals surface area contributed by atoms with Crippen LogP contribution in [0.2, 0.25) is 0 Å². The van der Waals surface area contributed by atoms with Gasteiger partial charge in [-0.25, -0.2) is 5.01 Å². The maximum Gasteiger partial charge on any atom is 0.240 e. The van der Waals surface area contributed by atoms with E-state index < -0.39 is 0 Å². The van der Waals surface area contributed by atoms with Gasteiger partial charge in [0, 0.05) is 23.1 Å². The minimum absolute atomic E-state index is 0.00242. The van der Waals surface area contributed by atoms with E-state index in [4.69, 9.17) is 0 Å². The molecule has 1 aliphatic heterocycles. The zero-order valence-corrected chi connectivity index (χ0v) is 12.4. The Kier molecular flexibility index (Phi) is 3.24. The van der Waals surface area contributed by atoms with Crippen LogP contribution in [0.5, 0.6) is 0 Å². The molecule has 0 saturated carbocycles. The quantitative estimate of drug-likeness (QED) is 0.827. The van der Waals surface area contributed by atoms with Crippen molar-refractivity contribution >= 4 is 34.3 Å². The van der Waals surface area contributed by atoms with Gasteiger partial charge in [-0.2, -0.15) is 5.10 Å². The Morgan fingerprint density at radius 1 is 1.42 bits per heavy atom. The smallest absolute Gasteiger partial charge is 0.240 e. The highest BCUT2D eigenvalue weighted by atomic mass is 32.1. The molecule has 0 fully saturated rings. The molecule has 1 atom stereocenters. The largest absolute Gasteiger partial charge is 0.273 e. The minimum Gasteiger partial charge on any atom is -0.273 e. The van der Waals surface area contributed by atoms with Crippen molar-refractivity contribution in [3.8, 4) is 0 Å². The summed E-state index contributed by atoms with van der Waals surface area (Å²) in [5.41, 5.74) is 1.02. The highest BCUT2D eigenvalue weighted by molar-refractivity contribution is 7.12. The van der Waals surface area contributed by atoms with E-state index in [9.17, 15) is 4.79 Å². The normalized spacial score (nSPS) is 18.7. The number of hydrogen-bond acceptors (Lipinski definition) is 4. The van der Waals surface area contributed by atoms with Crippen molar-refractivity contribution in [1.29, 1.82) is 0 Å². The van der Waals surface area contributed by atoms with Crippen LogP contribution in [-0.4, -0.2) is 16.6 Å². The van der Waals surface area contributed by atoms with Crippen molar-refractivity contribution in [3.63, 3.8) is 0 Å². The third kappa shape index (κ3) is 2.35. The second-order valence-corrected chi connectivity index (χ2v) is 6.82. The van der Waals surface area contributed by atoms with Crippen LogP contribution in [-0.2, 0) is 4.79 Å². The molecule has 2 aromatic rings. The standard InChI is InChI=1S/C14H14N2OS2/c1-9-5-6-14(19-9)12-8-11(13-4-3-7-18-13)15-16(12)10(2)17/h3-7,12H,8H2,1-2H3/t12-/m1/s1. The summed E-state index contributed by atoms with van der Waals surface area (Å²) < 4.78 is 0. The van der Waals surface area contributed by atoms with Crippen LogP contribution in [0.15, 0.2) is 34.7 Å². The number of carbonyl (C=O) groups excluding carboxylic acids is 1. The van der Waals surface area contributed by atoms with E-state index >= 15 is 0 Å². The Labute approximate surface area is 120 Å². The second-order valence-electron chi connectivity index (χ2n) is 4.56. The fourth-order valence-corrected chi connectivity index (χ4v) is 3.93. The lowest BCUT2D eigenvalue weighted by Gasteiger charge is -2.18. The molecule has 1 aliphatic rings. The van der Waals surface area contributed by atoms with Crippen molar-refractivity contribution in [1.82, 2.24) is 5.01 Å². The molecule has 0 radical (unpaired) electrons. The van der Waals surface area contributed by atoms with Gasteiger partial charge >= 0.3 is 0 Å². The van der Waals surface area contributed by atoms with Crippen LogP contribution in [0.1, 0.15) is 34.0 Å². The van der Waals surface area contributed by atoms with Crippen LogP contribution in [0.4, 0.5) is 0 Å². The summed E-state index contributed by atoms with van der Waals surface area (Å²) in [6.07, 6.45) is 0.806. The number of carbonyl (C=O) groups is 1. The molecule has 3 heterocycles. The predicted octanol–water partition coefficient (Wildman–Crippen LogP) is 3.82. The molecular formula is C14H14N2OS2. The van der Waals surface area contributed by atoms with Crippen molar-refractivity contribution in [2.24, 2.45) is 5.10 Å². The summed E-state index contributed by atoms with van der Waals surface area (Å²) in [7, 11) is 0. The summed E-state index contributed by atoms with van der Waals surface area (Å²) in [4.78, 5) is 15.4. The van der Waals surface area contributed by atoms with Crippen molar-refractivity contribution in [2.75, 3.05) is 0 Å². The van der Waals surface area contributed by atoms with E-state index in [0.29, 0.717) is 0 Å². The number of rotatable bonds is 2. The monoisotopic (exact) mass is 290 g/mol. The average Bonchev–Trinajstić information content (AvgIpc) is 3.07. The molecule has 0 saturated heterocycles. The van der Waals surface area contributed by atoms with Gasteiger partial charge in [0.2, 0.25) is 5.91 Å². The van der Waals surface area contributed by atoms with Crippen molar-refractivity contribution < 1.29 is 4.79 Å². The van der Waals surface area contributed by atoms with Crippen LogP contribution in [0, 0.1) is 6.92 Å². The molecule has 0 unspecified atom stereocenters. The van der Waals surface area contributed by atoms with Gasteiger partial charge in [-0.05, 0) is 30.5 Å². The maximum atomic E-state index is 11.8. The van der Waals surface area contributed by atoms with Gasteiger partial charge in [0.25, 0.3) is 0 Å². The van der Waals surface area contributed by atoms with Gasteiger partial charge in [-0.15, -0.1) is 22.7 Å². The molecule has 0 spiro atoms. The molecule has 3 nitrogen and oxygen atoms in total. The predicted molar refractivity (Wildman–Crippen MR) is 79.8 cm³/mol. The van der Waals surface area contributed by atoms with Crippen LogP contribution < -0.4 is 0 Å². The Morgan fingerprint density at radius 2 is 2.26 bits per heavy atom. The molecule has 1 amide bonds. The van der Waals surface area contributed by atoms with E-state index in [0.717, 1.165) is 17.0 Å². The number of amides is 1. The molecule has 2 aromatic heterocycles. The third-order valence-electron chi connectivity index (χ3n) is 3.13.